The number of hydrogen-bond acceptors (Lipinski definition) is 6. The van der Waals surface area contributed by atoms with E-state index in [1.165, 1.54) is 0 Å². The fraction of sp³-hybridized carbons (Fsp3) is 0.222. The van der Waals surface area contributed by atoms with Crippen molar-refractivity contribution in [1.82, 2.24) is 9.97 Å². The van der Waals surface area contributed by atoms with Gasteiger partial charge in [0.25, 0.3) is 0 Å². The molecule has 2 aromatic carbocycles. The minimum absolute atomic E-state index is 0.486. The number of para-hydroxylation sites is 1. The Kier molecular flexibility index (Phi) is 5.53. The Morgan fingerprint density at radius 3 is 2.68 bits per heavy atom. The third kappa shape index (κ3) is 4.10. The fourth-order valence-corrected chi connectivity index (χ4v) is 2.67. The Hall–Kier alpha value is -2.57. The average Bonchev–Trinajstić information content (AvgIpc) is 2.62. The summed E-state index contributed by atoms with van der Waals surface area (Å²) in [6.07, 6.45) is 0. The van der Waals surface area contributed by atoms with Crippen LogP contribution in [0.5, 0.6) is 5.75 Å². The molecule has 0 spiro atoms. The standard InChI is InChI=1S/C18H19ClN4O2/c1-24-10-9-20-17-13-5-3-4-6-15(13)22-18(23-17)21-12-7-8-16(25-2)14(19)11-12/h3-8,11H,9-10H2,1-2H3,(H2,20,21,22,23). The Morgan fingerprint density at radius 2 is 1.92 bits per heavy atom. The Morgan fingerprint density at radius 1 is 1.08 bits per heavy atom. The smallest absolute Gasteiger partial charge is 0.229 e. The van der Waals surface area contributed by atoms with E-state index in [2.05, 4.69) is 20.6 Å². The first kappa shape index (κ1) is 17.3. The summed E-state index contributed by atoms with van der Waals surface area (Å²) in [7, 11) is 3.25. The molecule has 3 rings (SSSR count). The topological polar surface area (TPSA) is 68.3 Å². The summed E-state index contributed by atoms with van der Waals surface area (Å²) in [6.45, 7) is 1.25. The van der Waals surface area contributed by atoms with Crippen molar-refractivity contribution in [3.05, 3.63) is 47.5 Å². The summed E-state index contributed by atoms with van der Waals surface area (Å²) in [5.74, 6) is 1.86. The first-order valence-corrected chi connectivity index (χ1v) is 8.19. The Bertz CT molecular complexity index is 873. The van der Waals surface area contributed by atoms with Gasteiger partial charge in [-0.25, -0.2) is 4.98 Å². The SMILES string of the molecule is COCCNc1nc(Nc2ccc(OC)c(Cl)c2)nc2ccccc12. The first-order valence-electron chi connectivity index (χ1n) is 7.81. The lowest BCUT2D eigenvalue weighted by molar-refractivity contribution is 0.210. The number of methoxy groups -OCH3 is 2. The van der Waals surface area contributed by atoms with Crippen LogP contribution in [-0.2, 0) is 4.74 Å². The van der Waals surface area contributed by atoms with Gasteiger partial charge in [0.05, 0.1) is 24.3 Å². The number of aromatic nitrogens is 2. The molecule has 0 aliphatic heterocycles. The van der Waals surface area contributed by atoms with Crippen LogP contribution < -0.4 is 15.4 Å². The van der Waals surface area contributed by atoms with Crippen LogP contribution in [0.4, 0.5) is 17.5 Å². The van der Waals surface area contributed by atoms with Crippen LogP contribution >= 0.6 is 11.6 Å². The van der Waals surface area contributed by atoms with Gasteiger partial charge in [0, 0.05) is 24.7 Å². The lowest BCUT2D eigenvalue weighted by atomic mass is 10.2. The van der Waals surface area contributed by atoms with Crippen LogP contribution in [0.25, 0.3) is 10.9 Å². The zero-order chi connectivity index (χ0) is 17.6. The number of rotatable bonds is 7. The quantitative estimate of drug-likeness (QED) is 0.620. The Balaban J connectivity index is 1.91. The van der Waals surface area contributed by atoms with Crippen molar-refractivity contribution < 1.29 is 9.47 Å². The molecule has 1 heterocycles. The van der Waals surface area contributed by atoms with E-state index in [0.29, 0.717) is 29.9 Å². The van der Waals surface area contributed by atoms with E-state index < -0.39 is 0 Å². The van der Waals surface area contributed by atoms with Gasteiger partial charge >= 0.3 is 0 Å². The van der Waals surface area contributed by atoms with E-state index in [1.807, 2.05) is 30.3 Å². The summed E-state index contributed by atoms with van der Waals surface area (Å²) in [5.41, 5.74) is 1.63. The predicted molar refractivity (Wildman–Crippen MR) is 101 cm³/mol. The number of benzene rings is 2. The molecule has 6 nitrogen and oxygen atoms in total. The maximum absolute atomic E-state index is 6.17. The van der Waals surface area contributed by atoms with Crippen LogP contribution in [-0.4, -0.2) is 37.3 Å². The highest BCUT2D eigenvalue weighted by Gasteiger charge is 2.09. The molecule has 0 bridgehead atoms. The van der Waals surface area contributed by atoms with Crippen molar-refractivity contribution in [3.8, 4) is 5.75 Å². The van der Waals surface area contributed by atoms with Gasteiger partial charge in [0.2, 0.25) is 5.95 Å². The van der Waals surface area contributed by atoms with Crippen LogP contribution in [0.2, 0.25) is 5.02 Å². The highest BCUT2D eigenvalue weighted by Crippen LogP contribution is 2.29. The molecule has 130 valence electrons. The highest BCUT2D eigenvalue weighted by atomic mass is 35.5. The van der Waals surface area contributed by atoms with Crippen molar-refractivity contribution in [3.63, 3.8) is 0 Å². The van der Waals surface area contributed by atoms with Crippen molar-refractivity contribution in [2.75, 3.05) is 38.0 Å². The van der Waals surface area contributed by atoms with Crippen molar-refractivity contribution in [2.24, 2.45) is 0 Å². The second-order valence-electron chi connectivity index (χ2n) is 5.31. The number of ether oxygens (including phenoxy) is 2. The molecule has 25 heavy (non-hydrogen) atoms. The maximum atomic E-state index is 6.17. The highest BCUT2D eigenvalue weighted by molar-refractivity contribution is 6.32. The summed E-state index contributed by atoms with van der Waals surface area (Å²) in [6, 6.07) is 13.3. The van der Waals surface area contributed by atoms with E-state index in [1.54, 1.807) is 26.4 Å². The molecule has 0 unspecified atom stereocenters. The largest absolute Gasteiger partial charge is 0.495 e. The van der Waals surface area contributed by atoms with Gasteiger partial charge in [-0.15, -0.1) is 0 Å². The number of nitrogens with one attached hydrogen (secondary N) is 2. The summed E-state index contributed by atoms with van der Waals surface area (Å²) >= 11 is 6.17. The van der Waals surface area contributed by atoms with E-state index >= 15 is 0 Å². The number of halogens is 1. The van der Waals surface area contributed by atoms with Gasteiger partial charge in [-0.1, -0.05) is 23.7 Å². The molecular weight excluding hydrogens is 340 g/mol. The minimum Gasteiger partial charge on any atom is -0.495 e. The van der Waals surface area contributed by atoms with E-state index in [0.717, 1.165) is 22.4 Å². The molecule has 3 aromatic rings. The lowest BCUT2D eigenvalue weighted by Gasteiger charge is -2.12. The lowest BCUT2D eigenvalue weighted by Crippen LogP contribution is -2.10. The molecule has 0 atom stereocenters. The second kappa shape index (κ2) is 8.00. The van der Waals surface area contributed by atoms with E-state index in [-0.39, 0.29) is 0 Å². The van der Waals surface area contributed by atoms with Gasteiger partial charge < -0.3 is 20.1 Å². The van der Waals surface area contributed by atoms with Gasteiger partial charge in [-0.3, -0.25) is 0 Å². The monoisotopic (exact) mass is 358 g/mol. The predicted octanol–water partition coefficient (Wildman–Crippen LogP) is 4.09. The van der Waals surface area contributed by atoms with E-state index in [4.69, 9.17) is 21.1 Å². The molecule has 1 aromatic heterocycles. The van der Waals surface area contributed by atoms with Crippen LogP contribution in [0.15, 0.2) is 42.5 Å². The molecule has 0 saturated carbocycles. The zero-order valence-electron chi connectivity index (χ0n) is 14.0. The van der Waals surface area contributed by atoms with Gasteiger partial charge in [-0.05, 0) is 30.3 Å². The van der Waals surface area contributed by atoms with Gasteiger partial charge in [-0.2, -0.15) is 4.98 Å². The number of hydrogen-bond donors (Lipinski definition) is 2. The van der Waals surface area contributed by atoms with Crippen molar-refractivity contribution in [2.45, 2.75) is 0 Å². The number of anilines is 3. The molecule has 0 fully saturated rings. The normalized spacial score (nSPS) is 10.7. The van der Waals surface area contributed by atoms with Crippen LogP contribution in [0.3, 0.4) is 0 Å². The third-order valence-electron chi connectivity index (χ3n) is 3.61. The molecule has 0 saturated heterocycles. The van der Waals surface area contributed by atoms with Crippen molar-refractivity contribution in [1.29, 1.82) is 0 Å². The summed E-state index contributed by atoms with van der Waals surface area (Å²) in [5, 5.41) is 7.94. The summed E-state index contributed by atoms with van der Waals surface area (Å²) in [4.78, 5) is 9.14. The minimum atomic E-state index is 0.486. The second-order valence-corrected chi connectivity index (χ2v) is 5.71. The fourth-order valence-electron chi connectivity index (χ4n) is 2.41. The molecular formula is C18H19ClN4O2. The van der Waals surface area contributed by atoms with Gasteiger partial charge in [0.1, 0.15) is 11.6 Å². The molecule has 0 aliphatic rings. The van der Waals surface area contributed by atoms with Crippen LogP contribution in [0.1, 0.15) is 0 Å². The number of nitrogens with zero attached hydrogens (tertiary/aromatic N) is 2. The average molecular weight is 359 g/mol. The Labute approximate surface area is 151 Å². The van der Waals surface area contributed by atoms with Gasteiger partial charge in [0.15, 0.2) is 0 Å². The molecule has 0 aliphatic carbocycles. The summed E-state index contributed by atoms with van der Waals surface area (Å²) < 4.78 is 10.3. The number of fused-ring (bicyclic) bond motifs is 1. The van der Waals surface area contributed by atoms with Crippen LogP contribution in [0, 0.1) is 0 Å². The molecule has 2 N–H and O–H groups in total. The van der Waals surface area contributed by atoms with Crippen molar-refractivity contribution >= 4 is 40.0 Å². The third-order valence-corrected chi connectivity index (χ3v) is 3.91. The molecule has 0 amide bonds. The molecule has 0 radical (unpaired) electrons. The first-order chi connectivity index (χ1) is 12.2. The molecule has 7 heteroatoms. The maximum Gasteiger partial charge on any atom is 0.229 e. The zero-order valence-corrected chi connectivity index (χ0v) is 14.8. The van der Waals surface area contributed by atoms with E-state index in [9.17, 15) is 0 Å².